The lowest BCUT2D eigenvalue weighted by molar-refractivity contribution is -0.112. The molecule has 54 valence electrons. The van der Waals surface area contributed by atoms with Crippen LogP contribution in [0.5, 0.6) is 0 Å². The van der Waals surface area contributed by atoms with Crippen LogP contribution in [0.25, 0.3) is 0 Å². The molecular weight excluding hydrogens is 168 g/mol. The molecule has 1 heterocycles. The first-order valence-electron chi connectivity index (χ1n) is 2.94. The number of hydrogen-bond donors (Lipinski definition) is 0. The topological polar surface area (TPSA) is 17.1 Å². The van der Waals surface area contributed by atoms with E-state index in [4.69, 9.17) is 11.6 Å². The van der Waals surface area contributed by atoms with Gasteiger partial charge in [-0.25, -0.2) is 0 Å². The molecule has 0 N–H and O–H groups in total. The van der Waals surface area contributed by atoms with E-state index in [0.717, 1.165) is 4.88 Å². The number of thiophene rings is 1. The van der Waals surface area contributed by atoms with E-state index in [-0.39, 0.29) is 11.2 Å². The van der Waals surface area contributed by atoms with Crippen molar-refractivity contribution in [3.63, 3.8) is 0 Å². The van der Waals surface area contributed by atoms with Crippen molar-refractivity contribution < 1.29 is 4.79 Å². The van der Waals surface area contributed by atoms with E-state index >= 15 is 0 Å². The first kappa shape index (κ1) is 7.76. The molecular formula is C7H7ClOS. The third-order valence-electron chi connectivity index (χ3n) is 1.31. The van der Waals surface area contributed by atoms with E-state index < -0.39 is 0 Å². The average molecular weight is 175 g/mol. The summed E-state index contributed by atoms with van der Waals surface area (Å²) < 4.78 is 0. The monoisotopic (exact) mass is 174 g/mol. The average Bonchev–Trinajstić information content (AvgIpc) is 2.36. The summed E-state index contributed by atoms with van der Waals surface area (Å²) >= 11 is 6.84. The van der Waals surface area contributed by atoms with E-state index in [1.807, 2.05) is 17.5 Å². The Morgan fingerprint density at radius 2 is 2.50 bits per heavy atom. The first-order chi connectivity index (χ1) is 4.72. The van der Waals surface area contributed by atoms with Gasteiger partial charge in [-0.1, -0.05) is 6.07 Å². The summed E-state index contributed by atoms with van der Waals surface area (Å²) in [6, 6.07) is 3.83. The molecule has 0 spiro atoms. The zero-order chi connectivity index (χ0) is 7.56. The molecule has 0 saturated carbocycles. The molecule has 1 rings (SSSR count). The van der Waals surface area contributed by atoms with Crippen LogP contribution in [0.2, 0.25) is 0 Å². The maximum Gasteiger partial charge on any atom is 0.229 e. The molecule has 0 radical (unpaired) electrons. The second-order valence-corrected chi connectivity index (χ2v) is 3.39. The van der Waals surface area contributed by atoms with E-state index in [0.29, 0.717) is 0 Å². The molecule has 1 aromatic rings. The van der Waals surface area contributed by atoms with Gasteiger partial charge in [-0.15, -0.1) is 11.3 Å². The summed E-state index contributed by atoms with van der Waals surface area (Å²) in [4.78, 5) is 11.6. The fourth-order valence-electron chi connectivity index (χ4n) is 0.650. The van der Waals surface area contributed by atoms with Crippen LogP contribution < -0.4 is 0 Å². The quantitative estimate of drug-likeness (QED) is 0.630. The molecule has 0 aliphatic carbocycles. The van der Waals surface area contributed by atoms with Gasteiger partial charge in [0.1, 0.15) is 0 Å². The summed E-state index contributed by atoms with van der Waals surface area (Å²) in [7, 11) is 0. The predicted molar refractivity (Wildman–Crippen MR) is 43.6 cm³/mol. The summed E-state index contributed by atoms with van der Waals surface area (Å²) in [5.41, 5.74) is 0. The Kier molecular flexibility index (Phi) is 2.46. The van der Waals surface area contributed by atoms with Gasteiger partial charge in [0.05, 0.1) is 5.92 Å². The molecule has 0 aliphatic rings. The molecule has 1 nitrogen and oxygen atoms in total. The molecule has 1 unspecified atom stereocenters. The van der Waals surface area contributed by atoms with Crippen molar-refractivity contribution in [1.29, 1.82) is 0 Å². The molecule has 0 bridgehead atoms. The zero-order valence-corrected chi connectivity index (χ0v) is 7.08. The maximum atomic E-state index is 10.6. The third kappa shape index (κ3) is 1.58. The molecule has 0 fully saturated rings. The molecule has 1 aromatic heterocycles. The van der Waals surface area contributed by atoms with Gasteiger partial charge in [0.15, 0.2) is 0 Å². The summed E-state index contributed by atoms with van der Waals surface area (Å²) in [5.74, 6) is -0.151. The van der Waals surface area contributed by atoms with Crippen molar-refractivity contribution in [2.45, 2.75) is 12.8 Å². The number of carbonyl (C=O) groups excluding carboxylic acids is 1. The minimum atomic E-state index is -0.289. The fraction of sp³-hybridized carbons (Fsp3) is 0.286. The minimum absolute atomic E-state index is 0.151. The van der Waals surface area contributed by atoms with Crippen molar-refractivity contribution in [2.24, 2.45) is 0 Å². The Morgan fingerprint density at radius 1 is 1.80 bits per heavy atom. The summed E-state index contributed by atoms with van der Waals surface area (Å²) in [6.07, 6.45) is 0. The Hall–Kier alpha value is -0.340. The number of halogens is 1. The summed E-state index contributed by atoms with van der Waals surface area (Å²) in [6.45, 7) is 1.81. The lowest BCUT2D eigenvalue weighted by atomic mass is 10.2. The van der Waals surface area contributed by atoms with Crippen molar-refractivity contribution in [2.75, 3.05) is 0 Å². The predicted octanol–water partition coefficient (Wildman–Crippen LogP) is 2.62. The van der Waals surface area contributed by atoms with Gasteiger partial charge < -0.3 is 0 Å². The van der Waals surface area contributed by atoms with E-state index in [2.05, 4.69) is 0 Å². The first-order valence-corrected chi connectivity index (χ1v) is 4.20. The van der Waals surface area contributed by atoms with Crippen LogP contribution in [0.3, 0.4) is 0 Å². The lowest BCUT2D eigenvalue weighted by Gasteiger charge is -1.99. The Morgan fingerprint density at radius 3 is 2.90 bits per heavy atom. The lowest BCUT2D eigenvalue weighted by Crippen LogP contribution is -1.98. The van der Waals surface area contributed by atoms with Crippen molar-refractivity contribution >= 4 is 28.2 Å². The van der Waals surface area contributed by atoms with Crippen LogP contribution in [0.4, 0.5) is 0 Å². The number of rotatable bonds is 2. The highest BCUT2D eigenvalue weighted by Crippen LogP contribution is 2.22. The second-order valence-electron chi connectivity index (χ2n) is 2.04. The largest absolute Gasteiger partial charge is 0.281 e. The van der Waals surface area contributed by atoms with Gasteiger partial charge in [-0.3, -0.25) is 4.79 Å². The molecule has 0 saturated heterocycles. The van der Waals surface area contributed by atoms with Gasteiger partial charge in [-0.2, -0.15) is 0 Å². The Bertz CT molecular complexity index is 218. The van der Waals surface area contributed by atoms with Crippen molar-refractivity contribution in [1.82, 2.24) is 0 Å². The van der Waals surface area contributed by atoms with Gasteiger partial charge in [-0.05, 0) is 30.0 Å². The number of carbonyl (C=O) groups is 1. The van der Waals surface area contributed by atoms with E-state index in [1.165, 1.54) is 0 Å². The normalized spacial score (nSPS) is 13.0. The van der Waals surface area contributed by atoms with Crippen LogP contribution in [0.1, 0.15) is 17.7 Å². The van der Waals surface area contributed by atoms with Crippen LogP contribution >= 0.6 is 22.9 Å². The fourth-order valence-corrected chi connectivity index (χ4v) is 1.61. The second kappa shape index (κ2) is 3.17. The molecule has 1 atom stereocenters. The molecule has 0 aromatic carbocycles. The van der Waals surface area contributed by atoms with Crippen LogP contribution in [-0.2, 0) is 4.79 Å². The zero-order valence-electron chi connectivity index (χ0n) is 5.50. The highest BCUT2D eigenvalue weighted by Gasteiger charge is 2.12. The standard InChI is InChI=1S/C7H7ClOS/c1-5(7(8)9)6-3-2-4-10-6/h2-5H,1H3. The van der Waals surface area contributed by atoms with Gasteiger partial charge >= 0.3 is 0 Å². The van der Waals surface area contributed by atoms with Gasteiger partial charge in [0.2, 0.25) is 5.24 Å². The third-order valence-corrected chi connectivity index (χ3v) is 2.69. The van der Waals surface area contributed by atoms with Crippen LogP contribution in [0, 0.1) is 0 Å². The van der Waals surface area contributed by atoms with Crippen molar-refractivity contribution in [3.8, 4) is 0 Å². The molecule has 3 heteroatoms. The smallest absolute Gasteiger partial charge is 0.229 e. The highest BCUT2D eigenvalue weighted by molar-refractivity contribution is 7.10. The van der Waals surface area contributed by atoms with Gasteiger partial charge in [0.25, 0.3) is 0 Å². The van der Waals surface area contributed by atoms with Crippen molar-refractivity contribution in [3.05, 3.63) is 22.4 Å². The molecule has 0 amide bonds. The Balaban J connectivity index is 2.77. The number of hydrogen-bond acceptors (Lipinski definition) is 2. The SMILES string of the molecule is CC(C(=O)Cl)c1cccs1. The van der Waals surface area contributed by atoms with E-state index in [1.54, 1.807) is 18.3 Å². The Labute approximate surface area is 68.6 Å². The van der Waals surface area contributed by atoms with Crippen LogP contribution in [0.15, 0.2) is 17.5 Å². The van der Waals surface area contributed by atoms with Crippen LogP contribution in [-0.4, -0.2) is 5.24 Å². The molecule has 10 heavy (non-hydrogen) atoms. The molecule has 0 aliphatic heterocycles. The van der Waals surface area contributed by atoms with E-state index in [9.17, 15) is 4.79 Å². The highest BCUT2D eigenvalue weighted by atomic mass is 35.5. The minimum Gasteiger partial charge on any atom is -0.281 e. The maximum absolute atomic E-state index is 10.6. The summed E-state index contributed by atoms with van der Waals surface area (Å²) in [5, 5.41) is 1.65. The van der Waals surface area contributed by atoms with Gasteiger partial charge in [0, 0.05) is 4.88 Å².